The summed E-state index contributed by atoms with van der Waals surface area (Å²) in [5.41, 5.74) is 0.210. The van der Waals surface area contributed by atoms with Crippen LogP contribution >= 0.6 is 0 Å². The number of carbonyl (C=O) groups excluding carboxylic acids is 2. The summed E-state index contributed by atoms with van der Waals surface area (Å²) >= 11 is 0. The van der Waals surface area contributed by atoms with E-state index in [1.807, 2.05) is 43.3 Å². The molecule has 8 nitrogen and oxygen atoms in total. The van der Waals surface area contributed by atoms with Gasteiger partial charge in [-0.3, -0.25) is 4.79 Å². The fourth-order valence-electron chi connectivity index (χ4n) is 10.8. The predicted molar refractivity (Wildman–Crippen MR) is 165 cm³/mol. The number of rotatable bonds is 5. The molecule has 12 atom stereocenters. The molecule has 2 heterocycles. The summed E-state index contributed by atoms with van der Waals surface area (Å²) in [4.78, 5) is 26.1. The van der Waals surface area contributed by atoms with Crippen molar-refractivity contribution in [3.05, 3.63) is 77.8 Å². The molecule has 5 aliphatic rings. The van der Waals surface area contributed by atoms with Crippen molar-refractivity contribution in [2.24, 2.45) is 33.5 Å². The largest absolute Gasteiger partial charge is 0.472 e. The van der Waals surface area contributed by atoms with Gasteiger partial charge in [0.15, 0.2) is 0 Å². The van der Waals surface area contributed by atoms with E-state index in [4.69, 9.17) is 18.6 Å². The second-order valence-electron chi connectivity index (χ2n) is 14.9. The normalized spacial score (nSPS) is 44.9. The van der Waals surface area contributed by atoms with Crippen LogP contribution in [-0.2, 0) is 23.8 Å². The molecule has 0 radical (unpaired) electrons. The number of ether oxygens (including phenoxy) is 3. The Morgan fingerprint density at radius 1 is 0.978 bits per heavy atom. The summed E-state index contributed by atoms with van der Waals surface area (Å²) < 4.78 is 24.5. The quantitative estimate of drug-likeness (QED) is 0.259. The Hall–Kier alpha value is -3.20. The van der Waals surface area contributed by atoms with Gasteiger partial charge in [0, 0.05) is 52.9 Å². The molecule has 4 fully saturated rings. The lowest BCUT2D eigenvalue weighted by molar-refractivity contribution is -0.268. The molecule has 0 unspecified atom stereocenters. The third-order valence-corrected chi connectivity index (χ3v) is 12.9. The van der Waals surface area contributed by atoms with Gasteiger partial charge >= 0.3 is 11.9 Å². The number of benzene rings is 1. The van der Waals surface area contributed by atoms with Crippen LogP contribution in [0, 0.1) is 33.5 Å². The van der Waals surface area contributed by atoms with Crippen molar-refractivity contribution in [3.63, 3.8) is 0 Å². The van der Waals surface area contributed by atoms with Crippen molar-refractivity contribution in [2.75, 3.05) is 6.61 Å². The molecule has 2 N–H and O–H groups in total. The van der Waals surface area contributed by atoms with Crippen LogP contribution in [0.1, 0.15) is 70.9 Å². The van der Waals surface area contributed by atoms with Crippen LogP contribution < -0.4 is 0 Å². The molecule has 1 aromatic carbocycles. The first-order chi connectivity index (χ1) is 21.4. The topological polar surface area (TPSA) is 115 Å². The molecule has 3 saturated carbocycles. The molecule has 1 aromatic heterocycles. The molecular formula is C37H44O8. The first kappa shape index (κ1) is 30.5. The number of carbonyl (C=O) groups is 2. The zero-order valence-corrected chi connectivity index (χ0v) is 26.6. The van der Waals surface area contributed by atoms with Crippen LogP contribution in [0.25, 0.3) is 6.08 Å². The van der Waals surface area contributed by atoms with Crippen LogP contribution in [0.3, 0.4) is 0 Å². The standard InChI is InChI=1S/C37H44O8/c1-21(38)44-28-17-26-36(4,25-13-12-24(35(25,28)3)23-15-16-42-19-23)33(41)31-32-34(2,20-43-31)27(39)18-29(37(26,32)5)45-30(40)14-11-22-9-7-6-8-10-22/h6-11,13-16,19,24,26-29,31-33,39,41H,12,17-18,20H2,1-5H3/b14-11-/t24-,26-,27-,28-,29+,31+,32-,33-,34+,35-,36-,37-/m0/s1. The summed E-state index contributed by atoms with van der Waals surface area (Å²) in [5, 5.41) is 24.0. The Kier molecular flexibility index (Phi) is 7.04. The van der Waals surface area contributed by atoms with Crippen molar-refractivity contribution in [1.29, 1.82) is 0 Å². The summed E-state index contributed by atoms with van der Waals surface area (Å²) in [7, 11) is 0. The van der Waals surface area contributed by atoms with Crippen molar-refractivity contribution in [2.45, 2.75) is 90.3 Å². The summed E-state index contributed by atoms with van der Waals surface area (Å²) in [6, 6.07) is 11.5. The van der Waals surface area contributed by atoms with Crippen molar-refractivity contribution < 1.29 is 38.4 Å². The minimum absolute atomic E-state index is 0.00852. The van der Waals surface area contributed by atoms with E-state index in [1.165, 1.54) is 13.0 Å². The van der Waals surface area contributed by atoms with Crippen LogP contribution in [0.4, 0.5) is 0 Å². The zero-order chi connectivity index (χ0) is 31.9. The van der Waals surface area contributed by atoms with E-state index in [2.05, 4.69) is 26.8 Å². The highest BCUT2D eigenvalue weighted by Crippen LogP contribution is 2.75. The van der Waals surface area contributed by atoms with Gasteiger partial charge in [-0.1, -0.05) is 69.7 Å². The number of furan rings is 1. The number of allylic oxidation sites excluding steroid dienone is 1. The summed E-state index contributed by atoms with van der Waals surface area (Å²) in [6.07, 6.45) is 6.85. The fraction of sp³-hybridized carbons (Fsp3) is 0.568. The van der Waals surface area contributed by atoms with E-state index in [9.17, 15) is 19.8 Å². The number of fused-ring (bicyclic) bond motifs is 4. The van der Waals surface area contributed by atoms with Gasteiger partial charge in [-0.15, -0.1) is 0 Å². The van der Waals surface area contributed by atoms with Gasteiger partial charge in [0.2, 0.25) is 0 Å². The Balaban J connectivity index is 1.33. The van der Waals surface area contributed by atoms with Gasteiger partial charge in [-0.2, -0.15) is 0 Å². The van der Waals surface area contributed by atoms with E-state index in [0.717, 1.165) is 16.7 Å². The maximum absolute atomic E-state index is 13.4. The van der Waals surface area contributed by atoms with Gasteiger partial charge in [-0.25, -0.2) is 4.79 Å². The molecule has 7 rings (SSSR count). The van der Waals surface area contributed by atoms with Crippen LogP contribution in [-0.4, -0.2) is 59.3 Å². The van der Waals surface area contributed by atoms with Gasteiger partial charge < -0.3 is 28.8 Å². The molecule has 8 heteroatoms. The highest BCUT2D eigenvalue weighted by Gasteiger charge is 2.78. The highest BCUT2D eigenvalue weighted by atomic mass is 16.6. The van der Waals surface area contributed by atoms with Gasteiger partial charge in [0.25, 0.3) is 0 Å². The lowest BCUT2D eigenvalue weighted by Gasteiger charge is -2.69. The lowest BCUT2D eigenvalue weighted by Crippen LogP contribution is -2.74. The van der Waals surface area contributed by atoms with Crippen LogP contribution in [0.5, 0.6) is 0 Å². The number of aliphatic hydroxyl groups is 2. The smallest absolute Gasteiger partial charge is 0.331 e. The Labute approximate surface area is 264 Å². The minimum atomic E-state index is -0.881. The second-order valence-corrected chi connectivity index (χ2v) is 14.9. The van der Waals surface area contributed by atoms with Crippen LogP contribution in [0.2, 0.25) is 0 Å². The molecule has 0 bridgehead atoms. The van der Waals surface area contributed by atoms with Crippen molar-refractivity contribution >= 4 is 18.0 Å². The Morgan fingerprint density at radius 3 is 2.42 bits per heavy atom. The third kappa shape index (κ3) is 4.14. The summed E-state index contributed by atoms with van der Waals surface area (Å²) in [6.45, 7) is 10.2. The zero-order valence-electron chi connectivity index (χ0n) is 26.6. The number of hydrogen-bond acceptors (Lipinski definition) is 8. The van der Waals surface area contributed by atoms with E-state index in [1.54, 1.807) is 18.6 Å². The average molecular weight is 617 g/mol. The molecule has 4 aliphatic carbocycles. The molecule has 0 amide bonds. The highest BCUT2D eigenvalue weighted by molar-refractivity contribution is 5.87. The van der Waals surface area contributed by atoms with E-state index in [-0.39, 0.29) is 30.1 Å². The second kappa shape index (κ2) is 10.4. The number of esters is 2. The number of hydrogen-bond donors (Lipinski definition) is 2. The van der Waals surface area contributed by atoms with Gasteiger partial charge in [-0.05, 0) is 42.0 Å². The average Bonchev–Trinajstić information content (AvgIpc) is 3.74. The first-order valence-electron chi connectivity index (χ1n) is 16.2. The summed E-state index contributed by atoms with van der Waals surface area (Å²) in [5.74, 6) is -1.40. The van der Waals surface area contributed by atoms with Gasteiger partial charge in [0.05, 0.1) is 37.4 Å². The molecule has 0 spiro atoms. The molecule has 1 aliphatic heterocycles. The molecule has 240 valence electrons. The SMILES string of the molecule is CC(=O)O[C@H]1C[C@H]2[C@](C)(C3=CC[C@@H](c4ccoc4)[C@@]31C)[C@@H](O)[C@@H]1OC[C@]3(C)[C@@H](O)C[C@@H](OC(=O)/C=C\c4ccccc4)[C@@]2(C)[C@@H]13. The lowest BCUT2D eigenvalue weighted by atomic mass is 9.36. The third-order valence-electron chi connectivity index (χ3n) is 12.9. The number of aliphatic hydroxyl groups excluding tert-OH is 2. The van der Waals surface area contributed by atoms with Crippen molar-refractivity contribution in [1.82, 2.24) is 0 Å². The monoisotopic (exact) mass is 616 g/mol. The Bertz CT molecular complexity index is 1530. The van der Waals surface area contributed by atoms with E-state index in [0.29, 0.717) is 19.4 Å². The predicted octanol–water partition coefficient (Wildman–Crippen LogP) is 5.45. The minimum Gasteiger partial charge on any atom is -0.472 e. The first-order valence-corrected chi connectivity index (χ1v) is 16.2. The van der Waals surface area contributed by atoms with E-state index >= 15 is 0 Å². The molecular weight excluding hydrogens is 572 g/mol. The molecule has 1 saturated heterocycles. The molecule has 2 aromatic rings. The molecule has 45 heavy (non-hydrogen) atoms. The maximum atomic E-state index is 13.4. The fourth-order valence-corrected chi connectivity index (χ4v) is 10.8. The van der Waals surface area contributed by atoms with E-state index < -0.39 is 58.1 Å². The van der Waals surface area contributed by atoms with Crippen LogP contribution in [0.15, 0.2) is 71.1 Å². The van der Waals surface area contributed by atoms with Gasteiger partial charge in [0.1, 0.15) is 12.2 Å². The maximum Gasteiger partial charge on any atom is 0.331 e. The Morgan fingerprint density at radius 2 is 1.73 bits per heavy atom. The van der Waals surface area contributed by atoms with Crippen molar-refractivity contribution in [3.8, 4) is 0 Å².